The van der Waals surface area contributed by atoms with Crippen LogP contribution in [-0.2, 0) is 0 Å². The molecule has 0 saturated heterocycles. The Hall–Kier alpha value is -2.38. The number of ether oxygens (including phenoxy) is 1. The average molecular weight is 253 g/mol. The second-order valence-corrected chi connectivity index (χ2v) is 4.18. The highest BCUT2D eigenvalue weighted by Crippen LogP contribution is 2.21. The van der Waals surface area contributed by atoms with Gasteiger partial charge in [0, 0.05) is 18.3 Å². The van der Waals surface area contributed by atoms with Crippen LogP contribution in [0.25, 0.3) is 0 Å². The number of hydrogen-bond donors (Lipinski definition) is 1. The van der Waals surface area contributed by atoms with E-state index in [1.54, 1.807) is 30.5 Å². The van der Waals surface area contributed by atoms with E-state index in [-0.39, 0.29) is 6.04 Å². The molecule has 19 heavy (non-hydrogen) atoms. The number of nitrogens with zero attached hydrogens (tertiary/aromatic N) is 2. The van der Waals surface area contributed by atoms with E-state index in [2.05, 4.69) is 23.3 Å². The van der Waals surface area contributed by atoms with Gasteiger partial charge in [0.2, 0.25) is 5.88 Å². The van der Waals surface area contributed by atoms with Crippen molar-refractivity contribution in [2.45, 2.75) is 13.0 Å². The van der Waals surface area contributed by atoms with Crippen LogP contribution < -0.4 is 10.1 Å². The summed E-state index contributed by atoms with van der Waals surface area (Å²) in [4.78, 5) is 4.25. The Labute approximate surface area is 112 Å². The zero-order valence-electron chi connectivity index (χ0n) is 10.9. The third-order valence-corrected chi connectivity index (χ3v) is 2.88. The fourth-order valence-corrected chi connectivity index (χ4v) is 1.62. The largest absolute Gasteiger partial charge is 0.439 e. The fourth-order valence-electron chi connectivity index (χ4n) is 1.62. The van der Waals surface area contributed by atoms with Crippen LogP contribution in [0.1, 0.15) is 24.1 Å². The van der Waals surface area contributed by atoms with Crippen molar-refractivity contribution in [3.63, 3.8) is 0 Å². The van der Waals surface area contributed by atoms with E-state index in [9.17, 15) is 0 Å². The monoisotopic (exact) mass is 253 g/mol. The van der Waals surface area contributed by atoms with Crippen molar-refractivity contribution in [1.82, 2.24) is 10.3 Å². The molecule has 0 radical (unpaired) electrons. The smallest absolute Gasteiger partial charge is 0.219 e. The quantitative estimate of drug-likeness (QED) is 0.909. The molecule has 0 bridgehead atoms. The lowest BCUT2D eigenvalue weighted by Gasteiger charge is -2.10. The van der Waals surface area contributed by atoms with Gasteiger partial charge in [-0.15, -0.1) is 0 Å². The van der Waals surface area contributed by atoms with Crippen LogP contribution in [0.5, 0.6) is 11.6 Å². The summed E-state index contributed by atoms with van der Waals surface area (Å²) in [6, 6.07) is 13.1. The minimum absolute atomic E-state index is 0.253. The molecule has 0 aliphatic rings. The molecule has 0 amide bonds. The molecular weight excluding hydrogens is 238 g/mol. The van der Waals surface area contributed by atoms with Crippen LogP contribution >= 0.6 is 0 Å². The molecular formula is C15H15N3O. The maximum Gasteiger partial charge on any atom is 0.219 e. The maximum atomic E-state index is 8.82. The van der Waals surface area contributed by atoms with Crippen LogP contribution in [0.2, 0.25) is 0 Å². The first-order valence-electron chi connectivity index (χ1n) is 6.04. The van der Waals surface area contributed by atoms with Gasteiger partial charge in [0.05, 0.1) is 11.6 Å². The lowest BCUT2D eigenvalue weighted by atomic mass is 10.1. The number of benzene rings is 1. The Morgan fingerprint density at radius 3 is 2.79 bits per heavy atom. The van der Waals surface area contributed by atoms with Crippen molar-refractivity contribution >= 4 is 0 Å². The number of nitriles is 1. The van der Waals surface area contributed by atoms with Gasteiger partial charge in [0.15, 0.2) is 0 Å². The van der Waals surface area contributed by atoms with Crippen LogP contribution in [0.3, 0.4) is 0 Å². The van der Waals surface area contributed by atoms with Gasteiger partial charge in [-0.05, 0) is 37.7 Å². The first-order valence-corrected chi connectivity index (χ1v) is 6.04. The van der Waals surface area contributed by atoms with Gasteiger partial charge in [-0.1, -0.05) is 12.1 Å². The van der Waals surface area contributed by atoms with Crippen LogP contribution in [0.15, 0.2) is 42.6 Å². The van der Waals surface area contributed by atoms with Gasteiger partial charge in [-0.2, -0.15) is 5.26 Å². The Kier molecular flexibility index (Phi) is 4.11. The Balaban J connectivity index is 2.13. The highest BCUT2D eigenvalue weighted by atomic mass is 16.5. The number of pyridine rings is 1. The molecule has 1 atom stereocenters. The first-order chi connectivity index (χ1) is 9.22. The highest BCUT2D eigenvalue weighted by molar-refractivity contribution is 5.38. The zero-order valence-corrected chi connectivity index (χ0v) is 10.9. The third kappa shape index (κ3) is 3.30. The molecule has 2 rings (SSSR count). The second-order valence-electron chi connectivity index (χ2n) is 4.18. The van der Waals surface area contributed by atoms with Crippen LogP contribution in [-0.4, -0.2) is 12.0 Å². The molecule has 2 aromatic rings. The maximum absolute atomic E-state index is 8.82. The SMILES string of the molecule is CNC(C)c1ccc(Oc2cccc(C#N)c2)nc1. The normalized spacial score (nSPS) is 11.6. The molecule has 0 spiro atoms. The lowest BCUT2D eigenvalue weighted by Crippen LogP contribution is -2.12. The summed E-state index contributed by atoms with van der Waals surface area (Å²) in [6.07, 6.45) is 1.78. The van der Waals surface area contributed by atoms with E-state index >= 15 is 0 Å². The molecule has 0 aliphatic carbocycles. The van der Waals surface area contributed by atoms with E-state index in [0.29, 0.717) is 17.2 Å². The van der Waals surface area contributed by atoms with Crippen molar-refractivity contribution in [3.05, 3.63) is 53.7 Å². The Morgan fingerprint density at radius 2 is 2.16 bits per heavy atom. The summed E-state index contributed by atoms with van der Waals surface area (Å²) in [6.45, 7) is 2.06. The molecule has 96 valence electrons. The number of aromatic nitrogens is 1. The van der Waals surface area contributed by atoms with E-state index in [1.165, 1.54) is 0 Å². The standard InChI is InChI=1S/C15H15N3O/c1-11(17-2)13-6-7-15(18-10-13)19-14-5-3-4-12(8-14)9-16/h3-8,10-11,17H,1-2H3. The molecule has 0 saturated carbocycles. The van der Waals surface area contributed by atoms with Crippen molar-refractivity contribution in [3.8, 4) is 17.7 Å². The predicted molar refractivity (Wildman–Crippen MR) is 72.9 cm³/mol. The second kappa shape index (κ2) is 5.98. The molecule has 1 heterocycles. The first kappa shape index (κ1) is 13.1. The number of rotatable bonds is 4. The van der Waals surface area contributed by atoms with Crippen molar-refractivity contribution in [2.24, 2.45) is 0 Å². The molecule has 4 heteroatoms. The van der Waals surface area contributed by atoms with Gasteiger partial charge in [-0.25, -0.2) is 4.98 Å². The Bertz CT molecular complexity index is 587. The minimum Gasteiger partial charge on any atom is -0.439 e. The van der Waals surface area contributed by atoms with Gasteiger partial charge >= 0.3 is 0 Å². The van der Waals surface area contributed by atoms with E-state index in [1.807, 2.05) is 19.2 Å². The molecule has 1 N–H and O–H groups in total. The lowest BCUT2D eigenvalue weighted by molar-refractivity contribution is 0.461. The Morgan fingerprint density at radius 1 is 1.32 bits per heavy atom. The molecule has 1 aromatic heterocycles. The van der Waals surface area contributed by atoms with Crippen LogP contribution in [0, 0.1) is 11.3 Å². The third-order valence-electron chi connectivity index (χ3n) is 2.88. The average Bonchev–Trinajstić information content (AvgIpc) is 2.47. The highest BCUT2D eigenvalue weighted by Gasteiger charge is 2.04. The molecule has 4 nitrogen and oxygen atoms in total. The van der Waals surface area contributed by atoms with E-state index in [0.717, 1.165) is 5.56 Å². The molecule has 1 aromatic carbocycles. The van der Waals surface area contributed by atoms with Gasteiger partial charge in [0.25, 0.3) is 0 Å². The summed E-state index contributed by atoms with van der Waals surface area (Å²) in [5.41, 5.74) is 1.67. The van der Waals surface area contributed by atoms with Gasteiger partial charge in [0.1, 0.15) is 5.75 Å². The topological polar surface area (TPSA) is 57.9 Å². The molecule has 0 fully saturated rings. The summed E-state index contributed by atoms with van der Waals surface area (Å²) in [7, 11) is 1.91. The van der Waals surface area contributed by atoms with E-state index < -0.39 is 0 Å². The predicted octanol–water partition coefficient (Wildman–Crippen LogP) is 3.03. The minimum atomic E-state index is 0.253. The number of nitrogens with one attached hydrogen (secondary N) is 1. The summed E-state index contributed by atoms with van der Waals surface area (Å²) < 4.78 is 5.61. The van der Waals surface area contributed by atoms with Gasteiger partial charge in [-0.3, -0.25) is 0 Å². The van der Waals surface area contributed by atoms with Crippen molar-refractivity contribution < 1.29 is 4.74 Å². The van der Waals surface area contributed by atoms with Crippen molar-refractivity contribution in [1.29, 1.82) is 5.26 Å². The van der Waals surface area contributed by atoms with Gasteiger partial charge < -0.3 is 10.1 Å². The molecule has 1 unspecified atom stereocenters. The summed E-state index contributed by atoms with van der Waals surface area (Å²) in [5.74, 6) is 1.13. The molecule has 0 aliphatic heterocycles. The number of hydrogen-bond acceptors (Lipinski definition) is 4. The van der Waals surface area contributed by atoms with E-state index in [4.69, 9.17) is 10.00 Å². The summed E-state index contributed by atoms with van der Waals surface area (Å²) in [5, 5.41) is 12.0. The van der Waals surface area contributed by atoms with Crippen molar-refractivity contribution in [2.75, 3.05) is 7.05 Å². The van der Waals surface area contributed by atoms with Crippen LogP contribution in [0.4, 0.5) is 0 Å². The fraction of sp³-hybridized carbons (Fsp3) is 0.200. The zero-order chi connectivity index (χ0) is 13.7. The summed E-state index contributed by atoms with van der Waals surface area (Å²) >= 11 is 0.